The highest BCUT2D eigenvalue weighted by molar-refractivity contribution is 5.82. The van der Waals surface area contributed by atoms with Crippen molar-refractivity contribution in [3.8, 4) is 0 Å². The van der Waals surface area contributed by atoms with Crippen LogP contribution in [0.15, 0.2) is 43.1 Å². The van der Waals surface area contributed by atoms with E-state index in [9.17, 15) is 9.50 Å². The van der Waals surface area contributed by atoms with E-state index in [2.05, 4.69) is 22.5 Å². The number of fused-ring (bicyclic) bond motifs is 1. The first-order chi connectivity index (χ1) is 11.2. The molecule has 1 aliphatic carbocycles. The van der Waals surface area contributed by atoms with Gasteiger partial charge in [-0.15, -0.1) is 6.58 Å². The van der Waals surface area contributed by atoms with E-state index in [0.717, 1.165) is 30.0 Å². The highest BCUT2D eigenvalue weighted by Gasteiger charge is 2.76. The standard InChI is InChI=1S/C19H19FN2O/c1-2-14-15-6-8-22-17(10-19(14,15)22)18(23)12-5-7-21-16-4-3-11(20)9-13(12)16/h2-5,7,9,14-15,17-18,23H,1,6,8,10H2/t14?,15?,17?,18-,19?/m1/s1. The summed E-state index contributed by atoms with van der Waals surface area (Å²) in [6.45, 7) is 5.01. The number of hydrogen-bond donors (Lipinski definition) is 1. The van der Waals surface area contributed by atoms with Crippen LogP contribution < -0.4 is 0 Å². The van der Waals surface area contributed by atoms with Gasteiger partial charge in [-0.2, -0.15) is 0 Å². The zero-order chi connectivity index (χ0) is 15.8. The highest BCUT2D eigenvalue weighted by Crippen LogP contribution is 2.71. The maximum Gasteiger partial charge on any atom is 0.123 e. The Morgan fingerprint density at radius 3 is 3.09 bits per heavy atom. The number of pyridine rings is 1. The molecule has 2 aromatic rings. The summed E-state index contributed by atoms with van der Waals surface area (Å²) in [5.41, 5.74) is 1.79. The lowest BCUT2D eigenvalue weighted by Crippen LogP contribution is -2.59. The third kappa shape index (κ3) is 1.58. The number of hydrogen-bond acceptors (Lipinski definition) is 3. The van der Waals surface area contributed by atoms with Crippen molar-refractivity contribution in [1.29, 1.82) is 0 Å². The monoisotopic (exact) mass is 310 g/mol. The van der Waals surface area contributed by atoms with Crippen molar-refractivity contribution in [1.82, 2.24) is 9.88 Å². The molecule has 3 nitrogen and oxygen atoms in total. The number of nitrogens with zero attached hydrogens (tertiary/aromatic N) is 2. The lowest BCUT2D eigenvalue weighted by Gasteiger charge is -2.50. The molecule has 0 amide bonds. The van der Waals surface area contributed by atoms with Gasteiger partial charge >= 0.3 is 0 Å². The minimum Gasteiger partial charge on any atom is -0.387 e. The quantitative estimate of drug-likeness (QED) is 0.885. The van der Waals surface area contributed by atoms with Crippen LogP contribution in [-0.4, -0.2) is 33.1 Å². The van der Waals surface area contributed by atoms with E-state index in [1.54, 1.807) is 12.3 Å². The van der Waals surface area contributed by atoms with E-state index in [0.29, 0.717) is 11.3 Å². The molecule has 0 bridgehead atoms. The number of aliphatic hydroxyl groups is 1. The minimum atomic E-state index is -0.599. The molecule has 5 atom stereocenters. The first-order valence-electron chi connectivity index (χ1n) is 8.28. The number of rotatable bonds is 3. The Bertz CT molecular complexity index is 822. The van der Waals surface area contributed by atoms with E-state index in [4.69, 9.17) is 0 Å². The number of piperidine rings is 1. The van der Waals surface area contributed by atoms with Crippen LogP contribution in [0.25, 0.3) is 10.9 Å². The molecule has 118 valence electrons. The van der Waals surface area contributed by atoms with Gasteiger partial charge in [0.2, 0.25) is 0 Å². The van der Waals surface area contributed by atoms with Crippen LogP contribution >= 0.6 is 0 Å². The van der Waals surface area contributed by atoms with Gasteiger partial charge in [0, 0.05) is 23.2 Å². The molecular weight excluding hydrogens is 291 g/mol. The first kappa shape index (κ1) is 13.6. The van der Waals surface area contributed by atoms with Crippen LogP contribution in [0.2, 0.25) is 0 Å². The van der Waals surface area contributed by atoms with E-state index in [-0.39, 0.29) is 17.4 Å². The number of halogens is 1. The molecule has 3 aliphatic rings. The van der Waals surface area contributed by atoms with Gasteiger partial charge in [0.15, 0.2) is 0 Å². The predicted molar refractivity (Wildman–Crippen MR) is 86.3 cm³/mol. The Balaban J connectivity index is 1.50. The SMILES string of the molecule is C=CC1C2CCN3C([C@H](O)c4ccnc5ccc(F)cc45)CC123. The second kappa shape index (κ2) is 4.40. The average Bonchev–Trinajstić information content (AvgIpc) is 3.12. The third-order valence-electron chi connectivity index (χ3n) is 6.37. The van der Waals surface area contributed by atoms with Crippen molar-refractivity contribution in [2.45, 2.75) is 30.5 Å². The fraction of sp³-hybridized carbons (Fsp3) is 0.421. The van der Waals surface area contributed by atoms with Gasteiger partial charge in [0.25, 0.3) is 0 Å². The first-order valence-corrected chi connectivity index (χ1v) is 8.28. The molecule has 1 spiro atoms. The summed E-state index contributed by atoms with van der Waals surface area (Å²) in [6.07, 6.45) is 5.39. The maximum atomic E-state index is 13.6. The average molecular weight is 310 g/mol. The van der Waals surface area contributed by atoms with Gasteiger partial charge in [-0.05, 0) is 61.1 Å². The van der Waals surface area contributed by atoms with Crippen molar-refractivity contribution in [3.05, 3.63) is 54.5 Å². The molecule has 4 unspecified atom stereocenters. The van der Waals surface area contributed by atoms with E-state index in [1.807, 2.05) is 6.07 Å². The van der Waals surface area contributed by atoms with Gasteiger partial charge in [-0.25, -0.2) is 4.39 Å². The summed E-state index contributed by atoms with van der Waals surface area (Å²) in [6, 6.07) is 6.50. The summed E-state index contributed by atoms with van der Waals surface area (Å²) in [4.78, 5) is 6.74. The van der Waals surface area contributed by atoms with Gasteiger partial charge in [0.1, 0.15) is 5.82 Å². The second-order valence-corrected chi connectivity index (χ2v) is 7.12. The van der Waals surface area contributed by atoms with E-state index in [1.165, 1.54) is 18.6 Å². The summed E-state index contributed by atoms with van der Waals surface area (Å²) >= 11 is 0. The zero-order valence-electron chi connectivity index (χ0n) is 12.8. The second-order valence-electron chi connectivity index (χ2n) is 7.12. The van der Waals surface area contributed by atoms with Crippen molar-refractivity contribution >= 4 is 10.9 Å². The Labute approximate surface area is 134 Å². The topological polar surface area (TPSA) is 36.4 Å². The smallest absolute Gasteiger partial charge is 0.123 e. The maximum absolute atomic E-state index is 13.6. The van der Waals surface area contributed by atoms with Crippen molar-refractivity contribution in [3.63, 3.8) is 0 Å². The lowest BCUT2D eigenvalue weighted by atomic mass is 9.82. The van der Waals surface area contributed by atoms with Crippen LogP contribution in [0.1, 0.15) is 24.5 Å². The zero-order valence-corrected chi connectivity index (χ0v) is 12.8. The summed E-state index contributed by atoms with van der Waals surface area (Å²) in [5.74, 6) is 1.03. The van der Waals surface area contributed by atoms with Crippen LogP contribution in [0.3, 0.4) is 0 Å². The minimum absolute atomic E-state index is 0.124. The summed E-state index contributed by atoms with van der Waals surface area (Å²) in [5, 5.41) is 11.7. The van der Waals surface area contributed by atoms with Crippen molar-refractivity contribution in [2.75, 3.05) is 6.54 Å². The largest absolute Gasteiger partial charge is 0.387 e. The molecule has 2 saturated heterocycles. The molecule has 4 heteroatoms. The van der Waals surface area contributed by atoms with Crippen LogP contribution in [-0.2, 0) is 0 Å². The molecule has 5 rings (SSSR count). The summed E-state index contributed by atoms with van der Waals surface area (Å²) < 4.78 is 13.6. The van der Waals surface area contributed by atoms with Crippen LogP contribution in [0.4, 0.5) is 4.39 Å². The third-order valence-corrected chi connectivity index (χ3v) is 6.37. The Morgan fingerprint density at radius 1 is 1.43 bits per heavy atom. The van der Waals surface area contributed by atoms with E-state index < -0.39 is 6.10 Å². The van der Waals surface area contributed by atoms with Gasteiger partial charge in [-0.1, -0.05) is 6.08 Å². The normalized spacial score (nSPS) is 36.2. The number of aromatic nitrogens is 1. The molecule has 1 aromatic heterocycles. The molecule has 1 aromatic carbocycles. The Morgan fingerprint density at radius 2 is 2.30 bits per heavy atom. The molecule has 1 N–H and O–H groups in total. The highest BCUT2D eigenvalue weighted by atomic mass is 19.1. The lowest BCUT2D eigenvalue weighted by molar-refractivity contribution is -0.0656. The molecule has 23 heavy (non-hydrogen) atoms. The molecule has 0 radical (unpaired) electrons. The van der Waals surface area contributed by atoms with E-state index >= 15 is 0 Å². The van der Waals surface area contributed by atoms with Gasteiger partial charge in [-0.3, -0.25) is 9.88 Å². The fourth-order valence-corrected chi connectivity index (χ4v) is 5.32. The van der Waals surface area contributed by atoms with Gasteiger partial charge in [0.05, 0.1) is 11.6 Å². The number of benzene rings is 1. The van der Waals surface area contributed by atoms with Gasteiger partial charge < -0.3 is 5.11 Å². The number of aliphatic hydroxyl groups excluding tert-OH is 1. The molecule has 1 saturated carbocycles. The molecular formula is C19H19FN2O. The van der Waals surface area contributed by atoms with Crippen molar-refractivity contribution in [2.24, 2.45) is 11.8 Å². The molecule has 3 fully saturated rings. The Hall–Kier alpha value is -1.78. The molecule has 3 heterocycles. The molecule has 2 aliphatic heterocycles. The fourth-order valence-electron chi connectivity index (χ4n) is 5.32. The van der Waals surface area contributed by atoms with Crippen LogP contribution in [0.5, 0.6) is 0 Å². The van der Waals surface area contributed by atoms with Crippen molar-refractivity contribution < 1.29 is 9.50 Å². The predicted octanol–water partition coefficient (Wildman–Crippen LogP) is 3.06. The summed E-state index contributed by atoms with van der Waals surface area (Å²) in [7, 11) is 0. The Kier molecular flexibility index (Phi) is 2.61. The van der Waals surface area contributed by atoms with Crippen LogP contribution in [0, 0.1) is 17.7 Å².